The summed E-state index contributed by atoms with van der Waals surface area (Å²) in [5.74, 6) is -2.56. The smallest absolute Gasteiger partial charge is 0.349 e. The molecule has 0 radical (unpaired) electrons. The fourth-order valence-electron chi connectivity index (χ4n) is 0.903. The normalized spacial score (nSPS) is 20.2. The minimum atomic E-state index is -1.94. The molecule has 1 aliphatic rings. The highest BCUT2D eigenvalue weighted by molar-refractivity contribution is 5.75. The largest absolute Gasteiger partial charge is 0.464 e. The Bertz CT molecular complexity index is 218. The van der Waals surface area contributed by atoms with Crippen LogP contribution in [0.2, 0.25) is 0 Å². The van der Waals surface area contributed by atoms with Crippen LogP contribution in [0.4, 0.5) is 4.39 Å². The van der Waals surface area contributed by atoms with Crippen molar-refractivity contribution in [3.05, 3.63) is 12.5 Å². The summed E-state index contributed by atoms with van der Waals surface area (Å²) in [6.45, 7) is 3.05. The van der Waals surface area contributed by atoms with Crippen molar-refractivity contribution in [3.63, 3.8) is 0 Å². The monoisotopic (exact) mass is 190 g/mol. The molecule has 1 aliphatic heterocycles. The summed E-state index contributed by atoms with van der Waals surface area (Å²) in [6.07, 6.45) is 0.430. The molecule has 0 aromatic carbocycles. The van der Waals surface area contributed by atoms with E-state index < -0.39 is 17.9 Å². The Balaban J connectivity index is 2.55. The van der Waals surface area contributed by atoms with E-state index in [1.54, 1.807) is 6.92 Å². The number of halogens is 1. The van der Waals surface area contributed by atoms with Crippen molar-refractivity contribution >= 4 is 5.97 Å². The van der Waals surface area contributed by atoms with Gasteiger partial charge in [0.05, 0.1) is 6.61 Å². The number of hydrogen-bond donors (Lipinski definition) is 0. The van der Waals surface area contributed by atoms with E-state index in [1.807, 2.05) is 0 Å². The first-order valence-corrected chi connectivity index (χ1v) is 3.91. The second-order valence-corrected chi connectivity index (χ2v) is 2.64. The van der Waals surface area contributed by atoms with Gasteiger partial charge in [-0.2, -0.15) is 0 Å². The van der Waals surface area contributed by atoms with Gasteiger partial charge in [-0.15, -0.1) is 0 Å². The van der Waals surface area contributed by atoms with Crippen molar-refractivity contribution < 1.29 is 23.4 Å². The summed E-state index contributed by atoms with van der Waals surface area (Å²) < 4.78 is 27.4. The van der Waals surface area contributed by atoms with Gasteiger partial charge >= 0.3 is 5.97 Å². The molecule has 13 heavy (non-hydrogen) atoms. The topological polar surface area (TPSA) is 44.8 Å². The molecule has 4 nitrogen and oxygen atoms in total. The van der Waals surface area contributed by atoms with Crippen molar-refractivity contribution in [2.45, 2.75) is 25.8 Å². The quantitative estimate of drug-likeness (QED) is 0.625. The summed E-state index contributed by atoms with van der Waals surface area (Å²) in [5.41, 5.74) is 0. The molecule has 0 saturated heterocycles. The van der Waals surface area contributed by atoms with Crippen LogP contribution in [0.1, 0.15) is 13.8 Å². The number of esters is 1. The molecule has 0 N–H and O–H groups in total. The Hall–Kier alpha value is -1.26. The van der Waals surface area contributed by atoms with Gasteiger partial charge in [0, 0.05) is 6.92 Å². The van der Waals surface area contributed by atoms with Crippen LogP contribution in [0, 0.1) is 0 Å². The average molecular weight is 190 g/mol. The summed E-state index contributed by atoms with van der Waals surface area (Å²) in [5, 5.41) is 0. The van der Waals surface area contributed by atoms with Gasteiger partial charge < -0.3 is 14.2 Å². The number of carbonyl (C=O) groups excluding carboxylic acids is 1. The molecule has 0 aromatic rings. The third-order valence-electron chi connectivity index (χ3n) is 1.61. The van der Waals surface area contributed by atoms with E-state index in [4.69, 9.17) is 9.47 Å². The number of hydrogen-bond acceptors (Lipinski definition) is 4. The molecule has 1 atom stereocenters. The van der Waals surface area contributed by atoms with Crippen molar-refractivity contribution in [2.75, 3.05) is 6.61 Å². The Kier molecular flexibility index (Phi) is 2.75. The van der Waals surface area contributed by atoms with Gasteiger partial charge in [-0.05, 0) is 6.92 Å². The van der Waals surface area contributed by atoms with Gasteiger partial charge in [-0.1, -0.05) is 0 Å². The molecule has 1 unspecified atom stereocenters. The van der Waals surface area contributed by atoms with Crippen LogP contribution in [-0.4, -0.2) is 24.5 Å². The fourth-order valence-corrected chi connectivity index (χ4v) is 0.903. The van der Waals surface area contributed by atoms with Crippen LogP contribution >= 0.6 is 0 Å². The minimum absolute atomic E-state index is 0.128. The number of ether oxygens (including phenoxy) is 3. The van der Waals surface area contributed by atoms with Crippen LogP contribution in [-0.2, 0) is 19.0 Å². The van der Waals surface area contributed by atoms with Crippen LogP contribution in [0.5, 0.6) is 0 Å². The lowest BCUT2D eigenvalue weighted by Crippen LogP contribution is -2.43. The zero-order valence-corrected chi connectivity index (χ0v) is 7.45. The lowest BCUT2D eigenvalue weighted by molar-refractivity contribution is -0.195. The van der Waals surface area contributed by atoms with Gasteiger partial charge in [-0.3, -0.25) is 0 Å². The number of rotatable bonds is 3. The van der Waals surface area contributed by atoms with Gasteiger partial charge in [0.1, 0.15) is 12.5 Å². The van der Waals surface area contributed by atoms with Gasteiger partial charge in [-0.25, -0.2) is 9.18 Å². The molecule has 0 spiro atoms. The molecular formula is C8H11FO4. The Morgan fingerprint density at radius 2 is 2.15 bits per heavy atom. The van der Waals surface area contributed by atoms with Crippen molar-refractivity contribution in [3.8, 4) is 0 Å². The van der Waals surface area contributed by atoms with Crippen LogP contribution in [0.15, 0.2) is 12.5 Å². The molecule has 0 fully saturated rings. The summed E-state index contributed by atoms with van der Waals surface area (Å²) in [6, 6.07) is 0. The van der Waals surface area contributed by atoms with E-state index >= 15 is 0 Å². The standard InChI is InChI=1S/C8H11FO4/c1-3-11-7(10)6(9)8(2)12-4-5-13-8/h4-6H,3H2,1-2H3. The maximum absolute atomic E-state index is 13.3. The van der Waals surface area contributed by atoms with Crippen LogP contribution in [0.25, 0.3) is 0 Å². The highest BCUT2D eigenvalue weighted by Crippen LogP contribution is 2.26. The zero-order chi connectivity index (χ0) is 9.90. The highest BCUT2D eigenvalue weighted by atomic mass is 19.1. The molecule has 1 heterocycles. The number of carbonyl (C=O) groups is 1. The van der Waals surface area contributed by atoms with Gasteiger partial charge in [0.2, 0.25) is 0 Å². The fraction of sp³-hybridized carbons (Fsp3) is 0.625. The molecular weight excluding hydrogens is 179 g/mol. The molecule has 5 heteroatoms. The summed E-state index contributed by atoms with van der Waals surface area (Å²) >= 11 is 0. The third kappa shape index (κ3) is 1.91. The Morgan fingerprint density at radius 3 is 2.62 bits per heavy atom. The first-order valence-electron chi connectivity index (χ1n) is 3.91. The van der Waals surface area contributed by atoms with E-state index in [0.29, 0.717) is 0 Å². The Labute approximate surface area is 75.3 Å². The van der Waals surface area contributed by atoms with Crippen molar-refractivity contribution in [2.24, 2.45) is 0 Å². The van der Waals surface area contributed by atoms with E-state index in [1.165, 1.54) is 19.4 Å². The molecule has 74 valence electrons. The molecule has 0 amide bonds. The molecule has 0 saturated carbocycles. The average Bonchev–Trinajstić information content (AvgIpc) is 2.52. The highest BCUT2D eigenvalue weighted by Gasteiger charge is 2.46. The maximum atomic E-state index is 13.3. The molecule has 1 rings (SSSR count). The zero-order valence-electron chi connectivity index (χ0n) is 7.45. The second-order valence-electron chi connectivity index (χ2n) is 2.64. The molecule has 0 aliphatic carbocycles. The van der Waals surface area contributed by atoms with Gasteiger partial charge in [0.25, 0.3) is 12.0 Å². The third-order valence-corrected chi connectivity index (χ3v) is 1.61. The second kappa shape index (κ2) is 3.64. The van der Waals surface area contributed by atoms with E-state index in [2.05, 4.69) is 4.74 Å². The van der Waals surface area contributed by atoms with Gasteiger partial charge in [0.15, 0.2) is 0 Å². The molecule has 0 bridgehead atoms. The van der Waals surface area contributed by atoms with E-state index in [-0.39, 0.29) is 6.61 Å². The maximum Gasteiger partial charge on any atom is 0.349 e. The SMILES string of the molecule is CCOC(=O)C(F)C1(C)OC=CO1. The lowest BCUT2D eigenvalue weighted by atomic mass is 10.2. The van der Waals surface area contributed by atoms with Crippen molar-refractivity contribution in [1.82, 2.24) is 0 Å². The van der Waals surface area contributed by atoms with Crippen molar-refractivity contribution in [1.29, 1.82) is 0 Å². The molecule has 0 aromatic heterocycles. The lowest BCUT2D eigenvalue weighted by Gasteiger charge is -2.24. The minimum Gasteiger partial charge on any atom is -0.464 e. The Morgan fingerprint density at radius 1 is 1.62 bits per heavy atom. The summed E-state index contributed by atoms with van der Waals surface area (Å²) in [4.78, 5) is 11.0. The first-order chi connectivity index (χ1) is 6.10. The van der Waals surface area contributed by atoms with Crippen LogP contribution in [0.3, 0.4) is 0 Å². The van der Waals surface area contributed by atoms with Crippen LogP contribution < -0.4 is 0 Å². The van der Waals surface area contributed by atoms with E-state index in [9.17, 15) is 9.18 Å². The predicted molar refractivity (Wildman–Crippen MR) is 41.2 cm³/mol. The van der Waals surface area contributed by atoms with E-state index in [0.717, 1.165) is 0 Å². The number of alkyl halides is 1. The first kappa shape index (κ1) is 9.83. The predicted octanol–water partition coefficient (Wildman–Crippen LogP) is 1.12. The summed E-state index contributed by atoms with van der Waals surface area (Å²) in [7, 11) is 0.